The fourth-order valence-corrected chi connectivity index (χ4v) is 1.34. The maximum absolute atomic E-state index is 7.60. The summed E-state index contributed by atoms with van der Waals surface area (Å²) >= 11 is 0. The highest BCUT2D eigenvalue weighted by Gasteiger charge is 2.19. The fourth-order valence-electron chi connectivity index (χ4n) is 1.34. The molecule has 0 fully saturated rings. The van der Waals surface area contributed by atoms with Gasteiger partial charge in [0.05, 0.1) is 0 Å². The monoisotopic (exact) mass is 119 g/mol. The largest absolute Gasteiger partial charge is 0.0620 e. The number of rotatable bonds is 0. The Morgan fingerprint density at radius 1 is 1.56 bits per heavy atom. The standard InChI is InChI=1S/C9H10/c1-7-6-8-4-2-3-5-9(7)8/h2-5,7H,6H2,1H3/t7-/m1/s1/i6D/t6-,7+/m0. The van der Waals surface area contributed by atoms with Gasteiger partial charge in [0.1, 0.15) is 0 Å². The van der Waals surface area contributed by atoms with Crippen LogP contribution in [0.1, 0.15) is 25.3 Å². The second-order valence-electron chi connectivity index (χ2n) is 2.58. The molecule has 0 unspecified atom stereocenters. The van der Waals surface area contributed by atoms with Gasteiger partial charge in [-0.15, -0.1) is 0 Å². The molecule has 0 aromatic heterocycles. The lowest BCUT2D eigenvalue weighted by Crippen LogP contribution is -2.12. The zero-order valence-electron chi connectivity index (χ0n) is 6.46. The molecule has 2 atom stereocenters. The first-order valence-electron chi connectivity index (χ1n) is 3.89. The fraction of sp³-hybridized carbons (Fsp3) is 0.333. The van der Waals surface area contributed by atoms with Crippen molar-refractivity contribution >= 4 is 0 Å². The molecule has 1 aliphatic carbocycles. The Morgan fingerprint density at radius 2 is 2.33 bits per heavy atom. The van der Waals surface area contributed by atoms with Crippen molar-refractivity contribution in [2.45, 2.75) is 19.2 Å². The molecule has 2 rings (SSSR count). The Labute approximate surface area is 56.9 Å². The van der Waals surface area contributed by atoms with E-state index in [4.69, 9.17) is 1.37 Å². The normalized spacial score (nSPS) is 32.3. The van der Waals surface area contributed by atoms with Crippen molar-refractivity contribution in [1.29, 1.82) is 0 Å². The minimum absolute atomic E-state index is 0.0381. The lowest BCUT2D eigenvalue weighted by molar-refractivity contribution is 0.667. The Hall–Kier alpha value is -0.780. The van der Waals surface area contributed by atoms with Gasteiger partial charge in [-0.05, 0) is 23.4 Å². The van der Waals surface area contributed by atoms with Gasteiger partial charge in [0.25, 0.3) is 0 Å². The van der Waals surface area contributed by atoms with Gasteiger partial charge in [-0.2, -0.15) is 0 Å². The smallest absolute Gasteiger partial charge is 0.0322 e. The third kappa shape index (κ3) is 0.593. The minimum atomic E-state index is 0.0381. The summed E-state index contributed by atoms with van der Waals surface area (Å²) in [5.74, 6) is 0.455. The minimum Gasteiger partial charge on any atom is -0.0620 e. The van der Waals surface area contributed by atoms with Gasteiger partial charge in [0.2, 0.25) is 0 Å². The third-order valence-corrected chi connectivity index (χ3v) is 1.92. The lowest BCUT2D eigenvalue weighted by Gasteiger charge is -2.25. The van der Waals surface area contributed by atoms with Crippen LogP contribution in [0.25, 0.3) is 0 Å². The van der Waals surface area contributed by atoms with E-state index in [0.29, 0.717) is 5.92 Å². The summed E-state index contributed by atoms with van der Waals surface area (Å²) < 4.78 is 7.60. The van der Waals surface area contributed by atoms with E-state index >= 15 is 0 Å². The highest BCUT2D eigenvalue weighted by atomic mass is 14.2. The summed E-state index contributed by atoms with van der Waals surface area (Å²) in [6.45, 7) is 2.11. The number of benzene rings is 1. The Morgan fingerprint density at radius 3 is 3.11 bits per heavy atom. The SMILES string of the molecule is [2H][C@@H]1c2ccccc2[C@@H]1C. The maximum atomic E-state index is 7.60. The number of hydrogen-bond donors (Lipinski definition) is 0. The van der Waals surface area contributed by atoms with Crippen LogP contribution in [0.4, 0.5) is 0 Å². The first kappa shape index (κ1) is 4.10. The summed E-state index contributed by atoms with van der Waals surface area (Å²) in [4.78, 5) is 0. The van der Waals surface area contributed by atoms with E-state index < -0.39 is 0 Å². The van der Waals surface area contributed by atoms with Crippen LogP contribution in [0.15, 0.2) is 24.3 Å². The summed E-state index contributed by atoms with van der Waals surface area (Å²) in [6, 6.07) is 8.21. The van der Waals surface area contributed by atoms with Gasteiger partial charge >= 0.3 is 0 Å². The molecular formula is C9H10. The molecule has 1 aromatic rings. The molecule has 0 spiro atoms. The van der Waals surface area contributed by atoms with E-state index in [1.54, 1.807) is 0 Å². The average molecular weight is 119 g/mol. The summed E-state index contributed by atoms with van der Waals surface area (Å²) in [6.07, 6.45) is 0.0381. The van der Waals surface area contributed by atoms with Crippen molar-refractivity contribution in [3.63, 3.8) is 0 Å². The van der Waals surface area contributed by atoms with Crippen LogP contribution in [-0.4, -0.2) is 0 Å². The van der Waals surface area contributed by atoms with E-state index in [9.17, 15) is 0 Å². The molecule has 0 N–H and O–H groups in total. The molecule has 0 bridgehead atoms. The van der Waals surface area contributed by atoms with Crippen LogP contribution < -0.4 is 0 Å². The van der Waals surface area contributed by atoms with Crippen LogP contribution in [0, 0.1) is 0 Å². The molecule has 0 saturated carbocycles. The van der Waals surface area contributed by atoms with Crippen molar-refractivity contribution in [2.75, 3.05) is 0 Å². The Bertz CT molecular complexity index is 228. The van der Waals surface area contributed by atoms with Crippen molar-refractivity contribution in [2.24, 2.45) is 0 Å². The molecule has 0 saturated heterocycles. The van der Waals surface area contributed by atoms with E-state index in [1.165, 1.54) is 11.1 Å². The van der Waals surface area contributed by atoms with E-state index in [-0.39, 0.29) is 6.40 Å². The van der Waals surface area contributed by atoms with Crippen LogP contribution in [0.5, 0.6) is 0 Å². The highest BCUT2D eigenvalue weighted by Crippen LogP contribution is 2.33. The molecule has 0 heterocycles. The third-order valence-electron chi connectivity index (χ3n) is 1.92. The molecule has 1 aromatic carbocycles. The first-order chi connectivity index (χ1) is 4.80. The maximum Gasteiger partial charge on any atom is 0.0322 e. The van der Waals surface area contributed by atoms with Gasteiger partial charge in [-0.3, -0.25) is 0 Å². The summed E-state index contributed by atoms with van der Waals surface area (Å²) in [5, 5.41) is 0. The zero-order valence-corrected chi connectivity index (χ0v) is 5.46. The molecule has 0 aliphatic heterocycles. The van der Waals surface area contributed by atoms with Crippen molar-refractivity contribution in [3.8, 4) is 0 Å². The molecule has 0 amide bonds. The molecule has 9 heavy (non-hydrogen) atoms. The van der Waals surface area contributed by atoms with Gasteiger partial charge in [0.15, 0.2) is 0 Å². The van der Waals surface area contributed by atoms with E-state index in [2.05, 4.69) is 13.0 Å². The predicted molar refractivity (Wildman–Crippen MR) is 38.6 cm³/mol. The number of fused-ring (bicyclic) bond motifs is 1. The highest BCUT2D eigenvalue weighted by molar-refractivity contribution is 5.38. The predicted octanol–water partition coefficient (Wildman–Crippen LogP) is 2.35. The van der Waals surface area contributed by atoms with Crippen molar-refractivity contribution in [1.82, 2.24) is 0 Å². The Balaban J connectivity index is 2.50. The molecular weight excluding hydrogens is 108 g/mol. The van der Waals surface area contributed by atoms with Crippen LogP contribution >= 0.6 is 0 Å². The van der Waals surface area contributed by atoms with Gasteiger partial charge in [-0.1, -0.05) is 31.2 Å². The molecule has 0 radical (unpaired) electrons. The second kappa shape index (κ2) is 1.60. The second-order valence-corrected chi connectivity index (χ2v) is 2.58. The quantitative estimate of drug-likeness (QED) is 0.491. The zero-order chi connectivity index (χ0) is 7.14. The summed E-state index contributed by atoms with van der Waals surface area (Å²) in [5.41, 5.74) is 2.58. The average Bonchev–Trinajstić information content (AvgIpc) is 2.03. The van der Waals surface area contributed by atoms with Crippen LogP contribution in [0.3, 0.4) is 0 Å². The van der Waals surface area contributed by atoms with Crippen molar-refractivity contribution < 1.29 is 1.37 Å². The lowest BCUT2D eigenvalue weighted by atomic mass is 9.79. The van der Waals surface area contributed by atoms with Crippen LogP contribution in [-0.2, 0) is 6.40 Å². The molecule has 46 valence electrons. The van der Waals surface area contributed by atoms with Gasteiger partial charge in [-0.25, -0.2) is 0 Å². The summed E-state index contributed by atoms with van der Waals surface area (Å²) in [7, 11) is 0. The van der Waals surface area contributed by atoms with Gasteiger partial charge in [0, 0.05) is 1.37 Å². The molecule has 0 heteroatoms. The molecule has 1 aliphatic rings. The van der Waals surface area contributed by atoms with E-state index in [1.807, 2.05) is 18.2 Å². The van der Waals surface area contributed by atoms with Crippen LogP contribution in [0.2, 0.25) is 0 Å². The first-order valence-corrected chi connectivity index (χ1v) is 3.32. The van der Waals surface area contributed by atoms with Gasteiger partial charge < -0.3 is 0 Å². The van der Waals surface area contributed by atoms with E-state index in [0.717, 1.165) is 0 Å². The topological polar surface area (TPSA) is 0 Å². The Kier molecular flexibility index (Phi) is 0.729. The van der Waals surface area contributed by atoms with Crippen molar-refractivity contribution in [3.05, 3.63) is 35.4 Å². The molecule has 0 nitrogen and oxygen atoms in total. The number of hydrogen-bond acceptors (Lipinski definition) is 0.